The highest BCUT2D eigenvalue weighted by Crippen LogP contribution is 2.29. The number of thioether (sulfide) groups is 1. The van der Waals surface area contributed by atoms with E-state index in [1.807, 2.05) is 37.3 Å². The van der Waals surface area contributed by atoms with E-state index < -0.39 is 0 Å². The van der Waals surface area contributed by atoms with Gasteiger partial charge < -0.3 is 14.6 Å². The molecule has 158 valence electrons. The number of hydrogen-bond acceptors (Lipinski definition) is 7. The molecule has 0 bridgehead atoms. The molecule has 3 aromatic rings. The van der Waals surface area contributed by atoms with Gasteiger partial charge >= 0.3 is 0 Å². The van der Waals surface area contributed by atoms with Gasteiger partial charge in [0, 0.05) is 35.8 Å². The van der Waals surface area contributed by atoms with Gasteiger partial charge in [-0.25, -0.2) is 0 Å². The zero-order valence-electron chi connectivity index (χ0n) is 17.5. The van der Waals surface area contributed by atoms with Gasteiger partial charge in [0.05, 0.1) is 11.9 Å². The molecule has 0 aliphatic carbocycles. The van der Waals surface area contributed by atoms with Gasteiger partial charge in [-0.1, -0.05) is 40.8 Å². The normalized spacial score (nSPS) is 16.2. The first-order valence-electron chi connectivity index (χ1n) is 10.1. The Morgan fingerprint density at radius 1 is 1.27 bits per heavy atom. The molecule has 1 aliphatic heterocycles. The van der Waals surface area contributed by atoms with Crippen molar-refractivity contribution < 1.29 is 9.53 Å². The first kappa shape index (κ1) is 21.1. The van der Waals surface area contributed by atoms with Gasteiger partial charge in [-0.15, -0.1) is 10.2 Å². The number of benzene rings is 1. The van der Waals surface area contributed by atoms with Gasteiger partial charge in [0.1, 0.15) is 0 Å². The van der Waals surface area contributed by atoms with Gasteiger partial charge in [0.25, 0.3) is 0 Å². The fourth-order valence-corrected chi connectivity index (χ4v) is 5.30. The summed E-state index contributed by atoms with van der Waals surface area (Å²) in [6.07, 6.45) is 2.47. The number of carbonyl (C=O) groups is 1. The second-order valence-corrected chi connectivity index (χ2v) is 9.81. The van der Waals surface area contributed by atoms with E-state index in [0.29, 0.717) is 5.75 Å². The lowest BCUT2D eigenvalue weighted by Crippen LogP contribution is -2.17. The predicted octanol–water partition coefficient (Wildman–Crippen LogP) is 5.16. The Morgan fingerprint density at radius 2 is 2.07 bits per heavy atom. The third-order valence-corrected chi connectivity index (χ3v) is 7.29. The van der Waals surface area contributed by atoms with Crippen molar-refractivity contribution in [2.45, 2.75) is 50.6 Å². The van der Waals surface area contributed by atoms with Crippen LogP contribution in [0.25, 0.3) is 0 Å². The van der Waals surface area contributed by atoms with Gasteiger partial charge in [-0.2, -0.15) is 0 Å². The summed E-state index contributed by atoms with van der Waals surface area (Å²) in [4.78, 5) is 12.8. The van der Waals surface area contributed by atoms with Crippen molar-refractivity contribution in [1.82, 2.24) is 14.8 Å². The van der Waals surface area contributed by atoms with Crippen molar-refractivity contribution in [3.63, 3.8) is 0 Å². The molecule has 2 aromatic heterocycles. The van der Waals surface area contributed by atoms with Crippen LogP contribution >= 0.6 is 23.1 Å². The van der Waals surface area contributed by atoms with Crippen molar-refractivity contribution in [2.75, 3.05) is 17.7 Å². The highest BCUT2D eigenvalue weighted by atomic mass is 32.2. The molecule has 1 saturated heterocycles. The van der Waals surface area contributed by atoms with Crippen molar-refractivity contribution in [2.24, 2.45) is 0 Å². The lowest BCUT2D eigenvalue weighted by atomic mass is 10.2. The lowest BCUT2D eigenvalue weighted by Gasteiger charge is -2.14. The minimum Gasteiger partial charge on any atom is -0.376 e. The van der Waals surface area contributed by atoms with Crippen molar-refractivity contribution >= 4 is 39.7 Å². The number of nitrogens with one attached hydrogen (secondary N) is 1. The number of hydrogen-bond donors (Lipinski definition) is 1. The summed E-state index contributed by atoms with van der Waals surface area (Å²) < 4.78 is 8.76. The van der Waals surface area contributed by atoms with Crippen LogP contribution < -0.4 is 5.32 Å². The first-order chi connectivity index (χ1) is 14.5. The van der Waals surface area contributed by atoms with E-state index in [2.05, 4.69) is 33.9 Å². The van der Waals surface area contributed by atoms with Crippen molar-refractivity contribution in [3.05, 3.63) is 52.8 Å². The third kappa shape index (κ3) is 4.94. The van der Waals surface area contributed by atoms with Gasteiger partial charge in [0.15, 0.2) is 10.1 Å². The summed E-state index contributed by atoms with van der Waals surface area (Å²) in [5, 5.41) is 12.4. The molecule has 0 spiro atoms. The zero-order valence-corrected chi connectivity index (χ0v) is 19.1. The van der Waals surface area contributed by atoms with Crippen LogP contribution in [0.15, 0.2) is 34.7 Å². The van der Waals surface area contributed by atoms with Crippen LogP contribution in [0.4, 0.5) is 10.8 Å². The number of nitrogens with zero attached hydrogens (tertiary/aromatic N) is 3. The molecule has 3 heterocycles. The second-order valence-electron chi connectivity index (χ2n) is 7.61. The van der Waals surface area contributed by atoms with Crippen LogP contribution in [0, 0.1) is 20.8 Å². The van der Waals surface area contributed by atoms with Crippen LogP contribution in [-0.4, -0.2) is 39.0 Å². The van der Waals surface area contributed by atoms with E-state index in [-0.39, 0.29) is 11.9 Å². The fraction of sp³-hybridized carbons (Fsp3) is 0.409. The molecule has 0 saturated carbocycles. The van der Waals surface area contributed by atoms with Gasteiger partial charge in [0.2, 0.25) is 5.13 Å². The standard InChI is InChI=1S/C22H26N4O2S2/c1-14-6-8-17(9-7-14)23-21-24-25-22(30-21)29-13-20(27)19-11-15(2)26(16(19)3)12-18-5-4-10-28-18/h6-9,11,18H,4-5,10,12-13H2,1-3H3,(H,23,24)/t18-/m0/s1. The average molecular weight is 443 g/mol. The number of rotatable bonds is 8. The van der Waals surface area contributed by atoms with Crippen LogP contribution in [-0.2, 0) is 11.3 Å². The topological polar surface area (TPSA) is 69.0 Å². The van der Waals surface area contributed by atoms with Gasteiger partial charge in [-0.05, 0) is 51.8 Å². The molecular weight excluding hydrogens is 416 g/mol. The number of aromatic nitrogens is 3. The summed E-state index contributed by atoms with van der Waals surface area (Å²) >= 11 is 2.89. The van der Waals surface area contributed by atoms with Crippen LogP contribution in [0.2, 0.25) is 0 Å². The molecule has 1 N–H and O–H groups in total. The maximum absolute atomic E-state index is 12.8. The molecule has 0 unspecified atom stereocenters. The zero-order chi connectivity index (χ0) is 21.1. The highest BCUT2D eigenvalue weighted by Gasteiger charge is 2.21. The van der Waals surface area contributed by atoms with E-state index in [0.717, 1.165) is 58.1 Å². The number of carbonyl (C=O) groups excluding carboxylic acids is 1. The molecule has 1 aliphatic rings. The number of ketones is 1. The summed E-state index contributed by atoms with van der Waals surface area (Å²) in [7, 11) is 0. The van der Waals surface area contributed by atoms with E-state index in [1.165, 1.54) is 28.7 Å². The fourth-order valence-electron chi connectivity index (χ4n) is 3.64. The molecule has 0 amide bonds. The molecule has 1 atom stereocenters. The molecular formula is C22H26N4O2S2. The third-order valence-electron chi connectivity index (χ3n) is 5.32. The number of anilines is 2. The molecule has 6 nitrogen and oxygen atoms in total. The Hall–Kier alpha value is -2.16. The Morgan fingerprint density at radius 3 is 2.80 bits per heavy atom. The minimum atomic E-state index is 0.120. The first-order valence-corrected chi connectivity index (χ1v) is 11.9. The summed E-state index contributed by atoms with van der Waals surface area (Å²) in [5.41, 5.74) is 5.11. The highest BCUT2D eigenvalue weighted by molar-refractivity contribution is 8.01. The number of aryl methyl sites for hydroxylation is 2. The van der Waals surface area contributed by atoms with Crippen LogP contribution in [0.5, 0.6) is 0 Å². The van der Waals surface area contributed by atoms with E-state index in [9.17, 15) is 4.79 Å². The second kappa shape index (κ2) is 9.32. The minimum absolute atomic E-state index is 0.120. The van der Waals surface area contributed by atoms with Crippen LogP contribution in [0.1, 0.15) is 40.2 Å². The average Bonchev–Trinajstić information content (AvgIpc) is 3.46. The van der Waals surface area contributed by atoms with Crippen LogP contribution in [0.3, 0.4) is 0 Å². The Bertz CT molecular complexity index is 1020. The molecule has 1 aromatic carbocycles. The molecule has 0 radical (unpaired) electrons. The quantitative estimate of drug-likeness (QED) is 0.384. The smallest absolute Gasteiger partial charge is 0.210 e. The Kier molecular flexibility index (Phi) is 6.55. The summed E-state index contributed by atoms with van der Waals surface area (Å²) in [5.74, 6) is 0.471. The number of ether oxygens (including phenoxy) is 1. The maximum atomic E-state index is 12.8. The Labute approximate surface area is 185 Å². The Balaban J connectivity index is 1.35. The molecule has 1 fully saturated rings. The van der Waals surface area contributed by atoms with Crippen molar-refractivity contribution in [3.8, 4) is 0 Å². The van der Waals surface area contributed by atoms with E-state index >= 15 is 0 Å². The maximum Gasteiger partial charge on any atom is 0.210 e. The van der Waals surface area contributed by atoms with E-state index in [1.54, 1.807) is 0 Å². The molecule has 30 heavy (non-hydrogen) atoms. The summed E-state index contributed by atoms with van der Waals surface area (Å²) in [6, 6.07) is 10.1. The monoisotopic (exact) mass is 442 g/mol. The van der Waals surface area contributed by atoms with Gasteiger partial charge in [-0.3, -0.25) is 4.79 Å². The van der Waals surface area contributed by atoms with E-state index in [4.69, 9.17) is 4.74 Å². The molecule has 8 heteroatoms. The van der Waals surface area contributed by atoms with Crippen molar-refractivity contribution in [1.29, 1.82) is 0 Å². The summed E-state index contributed by atoms with van der Waals surface area (Å²) in [6.45, 7) is 7.80. The SMILES string of the molecule is Cc1ccc(Nc2nnc(SCC(=O)c3cc(C)n(C[C@@H]4CCCO4)c3C)s2)cc1. The lowest BCUT2D eigenvalue weighted by molar-refractivity contribution is 0.0957. The largest absolute Gasteiger partial charge is 0.376 e. The predicted molar refractivity (Wildman–Crippen MR) is 122 cm³/mol. The molecule has 4 rings (SSSR count). The number of Topliss-reactive ketones (excluding diaryl/α,β-unsaturated/α-hetero) is 1.